The Bertz CT molecular complexity index is 1260. The van der Waals surface area contributed by atoms with Gasteiger partial charge in [0.15, 0.2) is 16.6 Å². The minimum absolute atomic E-state index is 0.0790. The summed E-state index contributed by atoms with van der Waals surface area (Å²) in [6, 6.07) is 17.5. The van der Waals surface area contributed by atoms with Crippen LogP contribution in [0.15, 0.2) is 83.0 Å². The van der Waals surface area contributed by atoms with Crippen molar-refractivity contribution < 1.29 is 9.21 Å². The molecule has 2 aromatic carbocycles. The van der Waals surface area contributed by atoms with Crippen molar-refractivity contribution in [2.45, 2.75) is 12.8 Å². The van der Waals surface area contributed by atoms with Gasteiger partial charge in [0.25, 0.3) is 0 Å². The molecule has 1 amide bonds. The average Bonchev–Trinajstić information content (AvgIpc) is 3.50. The number of oxazole rings is 1. The predicted molar refractivity (Wildman–Crippen MR) is 117 cm³/mol. The van der Waals surface area contributed by atoms with Crippen molar-refractivity contribution in [3.8, 4) is 22.6 Å². The van der Waals surface area contributed by atoms with Crippen LogP contribution in [0.2, 0.25) is 0 Å². The van der Waals surface area contributed by atoms with Gasteiger partial charge in [-0.3, -0.25) is 9.20 Å². The van der Waals surface area contributed by atoms with Gasteiger partial charge in [0.05, 0.1) is 11.9 Å². The molecule has 0 aliphatic heterocycles. The number of aromatic nitrogens is 3. The molecule has 3 aromatic heterocycles. The van der Waals surface area contributed by atoms with E-state index in [9.17, 15) is 4.79 Å². The lowest BCUT2D eigenvalue weighted by molar-refractivity contribution is -0.116. The van der Waals surface area contributed by atoms with Crippen molar-refractivity contribution in [3.05, 3.63) is 84.5 Å². The van der Waals surface area contributed by atoms with E-state index in [1.54, 1.807) is 17.5 Å². The zero-order valence-corrected chi connectivity index (χ0v) is 16.8. The number of aryl methyl sites for hydroxylation is 1. The minimum atomic E-state index is -0.0790. The number of nitrogens with one attached hydrogen (secondary N) is 1. The lowest BCUT2D eigenvalue weighted by atomic mass is 10.1. The van der Waals surface area contributed by atoms with Crippen molar-refractivity contribution >= 4 is 27.9 Å². The molecule has 5 aromatic rings. The van der Waals surface area contributed by atoms with Crippen LogP contribution >= 0.6 is 11.3 Å². The Balaban J connectivity index is 1.18. The fourth-order valence-corrected chi connectivity index (χ4v) is 3.90. The average molecular weight is 414 g/mol. The van der Waals surface area contributed by atoms with Crippen LogP contribution in [0.25, 0.3) is 27.5 Å². The second-order valence-corrected chi connectivity index (χ2v) is 7.70. The van der Waals surface area contributed by atoms with Gasteiger partial charge >= 0.3 is 0 Å². The summed E-state index contributed by atoms with van der Waals surface area (Å²) in [5.41, 5.74) is 3.65. The highest BCUT2D eigenvalue weighted by Crippen LogP contribution is 2.23. The monoisotopic (exact) mass is 414 g/mol. The van der Waals surface area contributed by atoms with Crippen LogP contribution < -0.4 is 5.32 Å². The molecule has 0 fully saturated rings. The van der Waals surface area contributed by atoms with Crippen molar-refractivity contribution in [2.24, 2.45) is 0 Å². The number of nitrogens with zero attached hydrogens (tertiary/aromatic N) is 3. The first kappa shape index (κ1) is 18.3. The Kier molecular flexibility index (Phi) is 4.86. The molecule has 0 bridgehead atoms. The second-order valence-electron chi connectivity index (χ2n) is 6.83. The molecule has 0 saturated heterocycles. The van der Waals surface area contributed by atoms with Crippen LogP contribution in [0.3, 0.4) is 0 Å². The summed E-state index contributed by atoms with van der Waals surface area (Å²) < 4.78 is 7.76. The lowest BCUT2D eigenvalue weighted by Crippen LogP contribution is -2.12. The van der Waals surface area contributed by atoms with Crippen molar-refractivity contribution in [1.82, 2.24) is 14.4 Å². The third-order valence-electron chi connectivity index (χ3n) is 4.74. The Morgan fingerprint density at radius 2 is 1.90 bits per heavy atom. The van der Waals surface area contributed by atoms with Crippen LogP contribution in [-0.4, -0.2) is 20.3 Å². The molecule has 0 radical (unpaired) electrons. The summed E-state index contributed by atoms with van der Waals surface area (Å²) in [6.07, 6.45) is 6.43. The molecule has 3 heterocycles. The first-order valence-electron chi connectivity index (χ1n) is 9.57. The molecule has 5 rings (SSSR count). The highest BCUT2D eigenvalue weighted by molar-refractivity contribution is 7.15. The molecule has 30 heavy (non-hydrogen) atoms. The van der Waals surface area contributed by atoms with E-state index in [0.717, 1.165) is 27.5 Å². The number of amides is 1. The molecule has 148 valence electrons. The summed E-state index contributed by atoms with van der Waals surface area (Å²) in [5.74, 6) is 1.18. The fourth-order valence-electron chi connectivity index (χ4n) is 3.20. The molecule has 0 saturated carbocycles. The molecule has 0 unspecified atom stereocenters. The van der Waals surface area contributed by atoms with E-state index < -0.39 is 0 Å². The highest BCUT2D eigenvalue weighted by atomic mass is 32.1. The van der Waals surface area contributed by atoms with Crippen LogP contribution in [0.5, 0.6) is 0 Å². The SMILES string of the molecule is O=C(CCc1ncc(-c2ccccc2)o1)Nc1ccc(-c2cn3ccsc3n2)cc1. The molecule has 6 nitrogen and oxygen atoms in total. The summed E-state index contributed by atoms with van der Waals surface area (Å²) in [5, 5.41) is 4.92. The second kappa shape index (κ2) is 7.96. The maximum Gasteiger partial charge on any atom is 0.224 e. The first-order chi connectivity index (χ1) is 14.7. The summed E-state index contributed by atoms with van der Waals surface area (Å²) in [7, 11) is 0. The Labute approximate surface area is 176 Å². The zero-order valence-electron chi connectivity index (χ0n) is 16.0. The summed E-state index contributed by atoms with van der Waals surface area (Å²) in [4.78, 5) is 22.1. The van der Waals surface area contributed by atoms with E-state index in [1.807, 2.05) is 76.8 Å². The Morgan fingerprint density at radius 1 is 1.07 bits per heavy atom. The number of rotatable bonds is 6. The number of imidazole rings is 1. The van der Waals surface area contributed by atoms with Gasteiger partial charge in [-0.05, 0) is 12.1 Å². The van der Waals surface area contributed by atoms with E-state index in [4.69, 9.17) is 4.42 Å². The summed E-state index contributed by atoms with van der Waals surface area (Å²) >= 11 is 1.60. The molecule has 0 aliphatic rings. The smallest absolute Gasteiger partial charge is 0.224 e. The molecular weight excluding hydrogens is 396 g/mol. The van der Waals surface area contributed by atoms with E-state index >= 15 is 0 Å². The van der Waals surface area contributed by atoms with Gasteiger partial charge in [-0.2, -0.15) is 0 Å². The number of benzene rings is 2. The largest absolute Gasteiger partial charge is 0.441 e. The van der Waals surface area contributed by atoms with Gasteiger partial charge in [0.1, 0.15) is 0 Å². The molecular formula is C23H18N4O2S. The maximum absolute atomic E-state index is 12.3. The van der Waals surface area contributed by atoms with E-state index in [-0.39, 0.29) is 5.91 Å². The molecule has 1 N–H and O–H groups in total. The standard InChI is InChI=1S/C23H18N4O2S/c28-21(10-11-22-24-14-20(29-22)17-4-2-1-3-5-17)25-18-8-6-16(7-9-18)19-15-27-12-13-30-23(27)26-19/h1-9,12-15H,10-11H2,(H,25,28). The predicted octanol–water partition coefficient (Wildman–Crippen LogP) is 5.29. The molecule has 0 spiro atoms. The van der Waals surface area contributed by atoms with Crippen molar-refractivity contribution in [1.29, 1.82) is 0 Å². The third-order valence-corrected chi connectivity index (χ3v) is 5.51. The van der Waals surface area contributed by atoms with Gasteiger partial charge in [-0.15, -0.1) is 11.3 Å². The normalized spacial score (nSPS) is 11.1. The van der Waals surface area contributed by atoms with E-state index in [0.29, 0.717) is 24.5 Å². The maximum atomic E-state index is 12.3. The van der Waals surface area contributed by atoms with Gasteiger partial charge in [0.2, 0.25) is 5.91 Å². The van der Waals surface area contributed by atoms with Crippen molar-refractivity contribution in [2.75, 3.05) is 5.32 Å². The number of carbonyl (C=O) groups excluding carboxylic acids is 1. The highest BCUT2D eigenvalue weighted by Gasteiger charge is 2.10. The van der Waals surface area contributed by atoms with Gasteiger partial charge < -0.3 is 9.73 Å². The number of hydrogen-bond donors (Lipinski definition) is 1. The summed E-state index contributed by atoms with van der Waals surface area (Å²) in [6.45, 7) is 0. The van der Waals surface area contributed by atoms with Crippen molar-refractivity contribution in [3.63, 3.8) is 0 Å². The molecule has 7 heteroatoms. The van der Waals surface area contributed by atoms with Gasteiger partial charge in [0, 0.05) is 47.4 Å². The lowest BCUT2D eigenvalue weighted by Gasteiger charge is -2.05. The third kappa shape index (κ3) is 3.88. The van der Waals surface area contributed by atoms with E-state index in [2.05, 4.69) is 15.3 Å². The number of hydrogen-bond acceptors (Lipinski definition) is 5. The fraction of sp³-hybridized carbons (Fsp3) is 0.0870. The molecule has 0 aliphatic carbocycles. The number of fused-ring (bicyclic) bond motifs is 1. The van der Waals surface area contributed by atoms with Crippen LogP contribution in [0.1, 0.15) is 12.3 Å². The number of anilines is 1. The van der Waals surface area contributed by atoms with E-state index in [1.165, 1.54) is 0 Å². The Hall–Kier alpha value is -3.71. The van der Waals surface area contributed by atoms with Crippen LogP contribution in [0, 0.1) is 0 Å². The quantitative estimate of drug-likeness (QED) is 0.410. The van der Waals surface area contributed by atoms with Gasteiger partial charge in [-0.25, -0.2) is 9.97 Å². The van der Waals surface area contributed by atoms with Crippen LogP contribution in [-0.2, 0) is 11.2 Å². The topological polar surface area (TPSA) is 72.4 Å². The number of carbonyl (C=O) groups is 1. The molecule has 0 atom stereocenters. The first-order valence-corrected chi connectivity index (χ1v) is 10.5. The van der Waals surface area contributed by atoms with Crippen LogP contribution in [0.4, 0.5) is 5.69 Å². The Morgan fingerprint density at radius 3 is 2.70 bits per heavy atom. The minimum Gasteiger partial charge on any atom is -0.441 e. The van der Waals surface area contributed by atoms with Gasteiger partial charge in [-0.1, -0.05) is 42.5 Å². The zero-order chi connectivity index (χ0) is 20.3. The number of thiazole rings is 1.